The van der Waals surface area contributed by atoms with Crippen LogP contribution in [-0.2, 0) is 6.54 Å². The van der Waals surface area contributed by atoms with Crippen molar-refractivity contribution in [2.75, 3.05) is 6.61 Å². The number of aromatic nitrogens is 1. The molecular weight excluding hydrogens is 338 g/mol. The lowest BCUT2D eigenvalue weighted by molar-refractivity contribution is 0.0945. The summed E-state index contributed by atoms with van der Waals surface area (Å²) < 4.78 is 7.77. The zero-order valence-corrected chi connectivity index (χ0v) is 15.1. The molecule has 4 heteroatoms. The summed E-state index contributed by atoms with van der Waals surface area (Å²) >= 11 is 0. The smallest absolute Gasteiger partial charge is 0.159 e. The van der Waals surface area contributed by atoms with Crippen LogP contribution in [-0.4, -0.2) is 28.2 Å². The van der Waals surface area contributed by atoms with Gasteiger partial charge in [0.25, 0.3) is 0 Å². The van der Waals surface area contributed by atoms with E-state index in [-0.39, 0.29) is 12.4 Å². The summed E-state index contributed by atoms with van der Waals surface area (Å²) in [6.07, 6.45) is -0.656. The second-order valence-corrected chi connectivity index (χ2v) is 6.69. The minimum Gasteiger partial charge on any atom is -0.491 e. The van der Waals surface area contributed by atoms with Gasteiger partial charge in [0.05, 0.1) is 6.54 Å². The Morgan fingerprint density at radius 1 is 0.963 bits per heavy atom. The Bertz CT molecular complexity index is 1100. The predicted octanol–water partition coefficient (Wildman–Crippen LogP) is 4.44. The van der Waals surface area contributed by atoms with Gasteiger partial charge >= 0.3 is 0 Å². The molecule has 0 fully saturated rings. The van der Waals surface area contributed by atoms with Gasteiger partial charge in [-0.25, -0.2) is 0 Å². The van der Waals surface area contributed by atoms with E-state index < -0.39 is 6.10 Å². The first-order valence-corrected chi connectivity index (χ1v) is 9.01. The van der Waals surface area contributed by atoms with Gasteiger partial charge in [-0.3, -0.25) is 4.79 Å². The number of ketones is 1. The highest BCUT2D eigenvalue weighted by Crippen LogP contribution is 2.30. The van der Waals surface area contributed by atoms with E-state index in [1.807, 2.05) is 72.8 Å². The number of Topliss-reactive ketones (excluding diaryl/α,β-unsaturated/α-hetero) is 1. The molecule has 136 valence electrons. The molecule has 1 aromatic heterocycles. The minimum atomic E-state index is -0.656. The first kappa shape index (κ1) is 17.3. The fourth-order valence-electron chi connectivity index (χ4n) is 3.44. The van der Waals surface area contributed by atoms with Crippen molar-refractivity contribution in [1.82, 2.24) is 4.57 Å². The van der Waals surface area contributed by atoms with Crippen LogP contribution in [0.15, 0.2) is 72.8 Å². The number of nitrogens with zero attached hydrogens (tertiary/aromatic N) is 1. The van der Waals surface area contributed by atoms with Crippen molar-refractivity contribution in [3.63, 3.8) is 0 Å². The van der Waals surface area contributed by atoms with Gasteiger partial charge in [0.1, 0.15) is 18.5 Å². The van der Waals surface area contributed by atoms with Gasteiger partial charge in [-0.15, -0.1) is 0 Å². The van der Waals surface area contributed by atoms with Gasteiger partial charge in [-0.1, -0.05) is 36.4 Å². The molecule has 4 aromatic rings. The Labute approximate surface area is 157 Å². The van der Waals surface area contributed by atoms with E-state index in [1.165, 1.54) is 0 Å². The molecule has 1 unspecified atom stereocenters. The van der Waals surface area contributed by atoms with Crippen LogP contribution in [0.1, 0.15) is 17.3 Å². The number of fused-ring (bicyclic) bond motifs is 3. The van der Waals surface area contributed by atoms with Crippen molar-refractivity contribution >= 4 is 27.6 Å². The number of ether oxygens (including phenoxy) is 1. The summed E-state index contributed by atoms with van der Waals surface area (Å²) in [5, 5.41) is 12.6. The average molecular weight is 359 g/mol. The molecule has 0 aliphatic rings. The maximum Gasteiger partial charge on any atom is 0.159 e. The molecule has 0 bridgehead atoms. The predicted molar refractivity (Wildman–Crippen MR) is 107 cm³/mol. The highest BCUT2D eigenvalue weighted by molar-refractivity contribution is 6.10. The summed E-state index contributed by atoms with van der Waals surface area (Å²) in [6, 6.07) is 23.3. The lowest BCUT2D eigenvalue weighted by Gasteiger charge is -2.15. The fraction of sp³-hybridized carbons (Fsp3) is 0.174. The molecule has 4 nitrogen and oxygen atoms in total. The maximum absolute atomic E-state index is 11.8. The maximum atomic E-state index is 11.8. The number of hydrogen-bond donors (Lipinski definition) is 1. The summed E-state index contributed by atoms with van der Waals surface area (Å²) in [5.41, 5.74) is 2.73. The number of rotatable bonds is 6. The second-order valence-electron chi connectivity index (χ2n) is 6.69. The molecule has 0 amide bonds. The molecule has 4 rings (SSSR count). The van der Waals surface area contributed by atoms with E-state index in [4.69, 9.17) is 4.74 Å². The van der Waals surface area contributed by atoms with Gasteiger partial charge in [0.15, 0.2) is 5.78 Å². The third-order valence-electron chi connectivity index (χ3n) is 4.76. The third-order valence-corrected chi connectivity index (χ3v) is 4.76. The molecule has 3 aromatic carbocycles. The fourth-order valence-corrected chi connectivity index (χ4v) is 3.44. The van der Waals surface area contributed by atoms with Gasteiger partial charge in [0.2, 0.25) is 0 Å². The number of aliphatic hydroxyl groups excluding tert-OH is 1. The van der Waals surface area contributed by atoms with Crippen molar-refractivity contribution in [3.8, 4) is 5.75 Å². The number of carbonyl (C=O) groups is 1. The Hall–Kier alpha value is -3.11. The Morgan fingerprint density at radius 2 is 1.67 bits per heavy atom. The van der Waals surface area contributed by atoms with Gasteiger partial charge in [-0.2, -0.15) is 0 Å². The molecule has 0 radical (unpaired) electrons. The molecule has 1 heterocycles. The standard InChI is InChI=1S/C23H21NO3/c1-16(25)17-11-12-23-21(13-17)20-9-5-6-10-22(20)24(23)14-18(26)15-27-19-7-3-2-4-8-19/h2-13,18,26H,14-15H2,1H3. The number of hydrogen-bond acceptors (Lipinski definition) is 3. The summed E-state index contributed by atoms with van der Waals surface area (Å²) in [6.45, 7) is 2.20. The molecule has 1 atom stereocenters. The first-order valence-electron chi connectivity index (χ1n) is 9.01. The zero-order chi connectivity index (χ0) is 18.8. The van der Waals surface area contributed by atoms with Crippen molar-refractivity contribution in [3.05, 3.63) is 78.4 Å². The van der Waals surface area contributed by atoms with E-state index >= 15 is 0 Å². The highest BCUT2D eigenvalue weighted by Gasteiger charge is 2.15. The molecular formula is C23H21NO3. The van der Waals surface area contributed by atoms with Crippen molar-refractivity contribution < 1.29 is 14.6 Å². The van der Waals surface area contributed by atoms with Crippen LogP contribution in [0.3, 0.4) is 0 Å². The molecule has 0 saturated heterocycles. The highest BCUT2D eigenvalue weighted by atomic mass is 16.5. The molecule has 0 saturated carbocycles. The number of aliphatic hydroxyl groups is 1. The number of carbonyl (C=O) groups excluding carboxylic acids is 1. The number of benzene rings is 3. The van der Waals surface area contributed by atoms with Crippen LogP contribution in [0.5, 0.6) is 5.75 Å². The molecule has 0 aliphatic heterocycles. The van der Waals surface area contributed by atoms with E-state index in [9.17, 15) is 9.90 Å². The molecule has 1 N–H and O–H groups in total. The summed E-state index contributed by atoms with van der Waals surface area (Å²) in [4.78, 5) is 11.8. The quantitative estimate of drug-likeness (QED) is 0.518. The van der Waals surface area contributed by atoms with E-state index in [0.717, 1.165) is 27.6 Å². The Morgan fingerprint density at radius 3 is 2.44 bits per heavy atom. The Balaban J connectivity index is 1.66. The Kier molecular flexibility index (Phi) is 4.65. The largest absolute Gasteiger partial charge is 0.491 e. The van der Waals surface area contributed by atoms with E-state index in [0.29, 0.717) is 12.1 Å². The molecule has 27 heavy (non-hydrogen) atoms. The lowest BCUT2D eigenvalue weighted by Crippen LogP contribution is -2.23. The second kappa shape index (κ2) is 7.25. The van der Waals surface area contributed by atoms with Crippen LogP contribution in [0.2, 0.25) is 0 Å². The summed E-state index contributed by atoms with van der Waals surface area (Å²) in [5.74, 6) is 0.787. The SMILES string of the molecule is CC(=O)c1ccc2c(c1)c1ccccc1n2CC(O)COc1ccccc1. The van der Waals surface area contributed by atoms with Crippen LogP contribution in [0.25, 0.3) is 21.8 Å². The van der Waals surface area contributed by atoms with Gasteiger partial charge in [0, 0.05) is 27.4 Å². The monoisotopic (exact) mass is 359 g/mol. The number of para-hydroxylation sites is 2. The third kappa shape index (κ3) is 3.44. The van der Waals surface area contributed by atoms with Gasteiger partial charge in [-0.05, 0) is 43.3 Å². The van der Waals surface area contributed by atoms with Crippen LogP contribution < -0.4 is 4.74 Å². The molecule has 0 aliphatic carbocycles. The average Bonchev–Trinajstić information content (AvgIpc) is 3.00. The molecule has 0 spiro atoms. The van der Waals surface area contributed by atoms with Crippen LogP contribution in [0.4, 0.5) is 0 Å². The van der Waals surface area contributed by atoms with Crippen molar-refractivity contribution in [2.24, 2.45) is 0 Å². The van der Waals surface area contributed by atoms with Crippen molar-refractivity contribution in [2.45, 2.75) is 19.6 Å². The van der Waals surface area contributed by atoms with Crippen LogP contribution >= 0.6 is 0 Å². The van der Waals surface area contributed by atoms with Gasteiger partial charge < -0.3 is 14.4 Å². The summed E-state index contributed by atoms with van der Waals surface area (Å²) in [7, 11) is 0. The van der Waals surface area contributed by atoms with Crippen molar-refractivity contribution in [1.29, 1.82) is 0 Å². The minimum absolute atomic E-state index is 0.0463. The normalized spacial score (nSPS) is 12.4. The van der Waals surface area contributed by atoms with E-state index in [1.54, 1.807) is 6.92 Å². The first-order chi connectivity index (χ1) is 13.1. The lowest BCUT2D eigenvalue weighted by atomic mass is 10.1. The topological polar surface area (TPSA) is 51.5 Å². The zero-order valence-electron chi connectivity index (χ0n) is 15.1. The van der Waals surface area contributed by atoms with E-state index in [2.05, 4.69) is 4.57 Å². The van der Waals surface area contributed by atoms with Crippen LogP contribution in [0, 0.1) is 0 Å².